The van der Waals surface area contributed by atoms with Gasteiger partial charge in [-0.25, -0.2) is 4.98 Å². The molecule has 1 aromatic carbocycles. The predicted octanol–water partition coefficient (Wildman–Crippen LogP) is 3.95. The molecule has 0 atom stereocenters. The molecule has 2 aromatic rings. The number of thiazole rings is 1. The SMILES string of the molecule is Cc1nc(OCC(C)(C)CNCc2ccccc2)sc1C. The highest BCUT2D eigenvalue weighted by Gasteiger charge is 2.19. The predicted molar refractivity (Wildman–Crippen MR) is 89.0 cm³/mol. The Labute approximate surface area is 131 Å². The normalized spacial score (nSPS) is 11.6. The van der Waals surface area contributed by atoms with Crippen molar-refractivity contribution < 1.29 is 4.74 Å². The van der Waals surface area contributed by atoms with Gasteiger partial charge in [-0.2, -0.15) is 0 Å². The summed E-state index contributed by atoms with van der Waals surface area (Å²) in [6, 6.07) is 10.4. The van der Waals surface area contributed by atoms with Gasteiger partial charge in [0.1, 0.15) is 0 Å². The van der Waals surface area contributed by atoms with Gasteiger partial charge in [-0.3, -0.25) is 0 Å². The highest BCUT2D eigenvalue weighted by Crippen LogP contribution is 2.25. The van der Waals surface area contributed by atoms with Crippen molar-refractivity contribution in [2.24, 2.45) is 5.41 Å². The minimum absolute atomic E-state index is 0.0717. The molecule has 0 aliphatic carbocycles. The van der Waals surface area contributed by atoms with Crippen molar-refractivity contribution in [1.82, 2.24) is 10.3 Å². The first-order valence-corrected chi connectivity index (χ1v) is 8.09. The Hall–Kier alpha value is -1.39. The summed E-state index contributed by atoms with van der Waals surface area (Å²) in [7, 11) is 0. The van der Waals surface area contributed by atoms with E-state index in [1.807, 2.05) is 13.0 Å². The number of hydrogen-bond donors (Lipinski definition) is 1. The van der Waals surface area contributed by atoms with Crippen molar-refractivity contribution in [2.75, 3.05) is 13.2 Å². The molecule has 2 rings (SSSR count). The quantitative estimate of drug-likeness (QED) is 0.841. The Morgan fingerprint density at radius 3 is 2.52 bits per heavy atom. The summed E-state index contributed by atoms with van der Waals surface area (Å²) < 4.78 is 5.84. The molecule has 114 valence electrons. The molecule has 1 N–H and O–H groups in total. The fraction of sp³-hybridized carbons (Fsp3) is 0.471. The van der Waals surface area contributed by atoms with Crippen LogP contribution in [0.2, 0.25) is 0 Å². The van der Waals surface area contributed by atoms with E-state index in [0.29, 0.717) is 6.61 Å². The molecule has 0 spiro atoms. The molecule has 0 saturated carbocycles. The maximum Gasteiger partial charge on any atom is 0.273 e. The minimum atomic E-state index is 0.0717. The van der Waals surface area contributed by atoms with Crippen LogP contribution in [0.3, 0.4) is 0 Å². The van der Waals surface area contributed by atoms with E-state index in [9.17, 15) is 0 Å². The number of aryl methyl sites for hydroxylation is 2. The molecule has 0 aliphatic rings. The van der Waals surface area contributed by atoms with Crippen molar-refractivity contribution >= 4 is 11.3 Å². The summed E-state index contributed by atoms with van der Waals surface area (Å²) in [6.45, 7) is 11.0. The summed E-state index contributed by atoms with van der Waals surface area (Å²) in [5, 5.41) is 4.28. The Morgan fingerprint density at radius 2 is 1.90 bits per heavy atom. The van der Waals surface area contributed by atoms with E-state index in [1.54, 1.807) is 11.3 Å². The van der Waals surface area contributed by atoms with E-state index in [-0.39, 0.29) is 5.41 Å². The second-order valence-electron chi connectivity index (χ2n) is 6.16. The summed E-state index contributed by atoms with van der Waals surface area (Å²) in [5.41, 5.74) is 2.44. The zero-order valence-electron chi connectivity index (χ0n) is 13.3. The van der Waals surface area contributed by atoms with Crippen molar-refractivity contribution in [1.29, 1.82) is 0 Å². The zero-order chi connectivity index (χ0) is 15.3. The van der Waals surface area contributed by atoms with Crippen molar-refractivity contribution in [3.63, 3.8) is 0 Å². The van der Waals surface area contributed by atoms with E-state index in [0.717, 1.165) is 24.0 Å². The van der Waals surface area contributed by atoms with Gasteiger partial charge in [0.15, 0.2) is 0 Å². The zero-order valence-corrected chi connectivity index (χ0v) is 14.1. The van der Waals surface area contributed by atoms with Crippen LogP contribution in [0.1, 0.15) is 30.0 Å². The number of rotatable bonds is 7. The number of benzene rings is 1. The largest absolute Gasteiger partial charge is 0.469 e. The molecule has 1 aromatic heterocycles. The Bertz CT molecular complexity index is 544. The number of hydrogen-bond acceptors (Lipinski definition) is 4. The second-order valence-corrected chi connectivity index (χ2v) is 7.33. The molecule has 0 unspecified atom stereocenters. The smallest absolute Gasteiger partial charge is 0.273 e. The Morgan fingerprint density at radius 1 is 1.19 bits per heavy atom. The highest BCUT2D eigenvalue weighted by molar-refractivity contribution is 7.13. The lowest BCUT2D eigenvalue weighted by atomic mass is 9.95. The lowest BCUT2D eigenvalue weighted by molar-refractivity contribution is 0.175. The van der Waals surface area contributed by atoms with E-state index < -0.39 is 0 Å². The van der Waals surface area contributed by atoms with Crippen molar-refractivity contribution in [3.05, 3.63) is 46.5 Å². The van der Waals surface area contributed by atoms with Crippen molar-refractivity contribution in [3.8, 4) is 5.19 Å². The van der Waals surface area contributed by atoms with Gasteiger partial charge in [0.25, 0.3) is 5.19 Å². The van der Waals surface area contributed by atoms with Crippen LogP contribution in [0.4, 0.5) is 0 Å². The number of nitrogens with one attached hydrogen (secondary N) is 1. The topological polar surface area (TPSA) is 34.1 Å². The first-order valence-electron chi connectivity index (χ1n) is 7.28. The number of aromatic nitrogens is 1. The van der Waals surface area contributed by atoms with E-state index >= 15 is 0 Å². The molecular weight excluding hydrogens is 280 g/mol. The van der Waals surface area contributed by atoms with Gasteiger partial charge in [-0.15, -0.1) is 0 Å². The summed E-state index contributed by atoms with van der Waals surface area (Å²) >= 11 is 1.62. The fourth-order valence-electron chi connectivity index (χ4n) is 1.95. The third-order valence-electron chi connectivity index (χ3n) is 3.37. The summed E-state index contributed by atoms with van der Waals surface area (Å²) in [6.07, 6.45) is 0. The van der Waals surface area contributed by atoms with E-state index in [2.05, 4.69) is 55.3 Å². The van der Waals surface area contributed by atoms with Crippen LogP contribution in [0.25, 0.3) is 0 Å². The molecule has 0 radical (unpaired) electrons. The van der Waals surface area contributed by atoms with Crippen molar-refractivity contribution in [2.45, 2.75) is 34.2 Å². The molecule has 0 saturated heterocycles. The second kappa shape index (κ2) is 7.05. The van der Waals surface area contributed by atoms with Gasteiger partial charge < -0.3 is 10.1 Å². The van der Waals surface area contributed by atoms with E-state index in [4.69, 9.17) is 4.74 Å². The van der Waals surface area contributed by atoms with Gasteiger partial charge in [0, 0.05) is 23.4 Å². The van der Waals surface area contributed by atoms with Crippen LogP contribution >= 0.6 is 11.3 Å². The standard InChI is InChI=1S/C17H24N2OS/c1-13-14(2)21-16(19-13)20-12-17(3,4)11-18-10-15-8-6-5-7-9-15/h5-9,18H,10-12H2,1-4H3. The first-order chi connectivity index (χ1) is 9.96. The maximum atomic E-state index is 5.84. The summed E-state index contributed by atoms with van der Waals surface area (Å²) in [4.78, 5) is 5.64. The van der Waals surface area contributed by atoms with Crippen LogP contribution in [-0.2, 0) is 6.54 Å². The van der Waals surface area contributed by atoms with Crippen LogP contribution in [0.5, 0.6) is 5.19 Å². The van der Waals surface area contributed by atoms with Gasteiger partial charge >= 0.3 is 0 Å². The molecule has 4 heteroatoms. The molecular formula is C17H24N2OS. The van der Waals surface area contributed by atoms with Crippen LogP contribution < -0.4 is 10.1 Å². The minimum Gasteiger partial charge on any atom is -0.469 e. The van der Waals surface area contributed by atoms with Gasteiger partial charge in [-0.05, 0) is 19.4 Å². The lowest BCUT2D eigenvalue weighted by Gasteiger charge is -2.24. The lowest BCUT2D eigenvalue weighted by Crippen LogP contribution is -2.34. The third kappa shape index (κ3) is 5.14. The van der Waals surface area contributed by atoms with Crippen LogP contribution in [0.15, 0.2) is 30.3 Å². The van der Waals surface area contributed by atoms with Crippen LogP contribution in [-0.4, -0.2) is 18.1 Å². The molecule has 1 heterocycles. The molecule has 21 heavy (non-hydrogen) atoms. The Balaban J connectivity index is 1.76. The molecule has 0 amide bonds. The average Bonchev–Trinajstić information content (AvgIpc) is 2.77. The fourth-order valence-corrected chi connectivity index (χ4v) is 2.71. The molecule has 0 fully saturated rings. The van der Waals surface area contributed by atoms with E-state index in [1.165, 1.54) is 10.4 Å². The number of nitrogens with zero attached hydrogens (tertiary/aromatic N) is 1. The molecule has 3 nitrogen and oxygen atoms in total. The first kappa shape index (κ1) is 16.0. The molecule has 0 aliphatic heterocycles. The third-order valence-corrected chi connectivity index (χ3v) is 4.36. The van der Waals surface area contributed by atoms with Gasteiger partial charge in [0.2, 0.25) is 0 Å². The summed E-state index contributed by atoms with van der Waals surface area (Å²) in [5.74, 6) is 0. The van der Waals surface area contributed by atoms with Gasteiger partial charge in [0.05, 0.1) is 12.3 Å². The Kier molecular flexibility index (Phi) is 5.37. The average molecular weight is 304 g/mol. The van der Waals surface area contributed by atoms with Crippen LogP contribution in [0, 0.1) is 19.3 Å². The highest BCUT2D eigenvalue weighted by atomic mass is 32.1. The van der Waals surface area contributed by atoms with Gasteiger partial charge in [-0.1, -0.05) is 55.5 Å². The molecule has 0 bridgehead atoms. The monoisotopic (exact) mass is 304 g/mol. The number of ether oxygens (including phenoxy) is 1. The maximum absolute atomic E-state index is 5.84.